The summed E-state index contributed by atoms with van der Waals surface area (Å²) in [5.74, 6) is 0.349. The van der Waals surface area contributed by atoms with Crippen molar-refractivity contribution in [2.75, 3.05) is 51.4 Å². The van der Waals surface area contributed by atoms with Gasteiger partial charge in [0.05, 0.1) is 12.0 Å². The highest BCUT2D eigenvalue weighted by Crippen LogP contribution is 2.36. The number of thiophene rings is 1. The van der Waals surface area contributed by atoms with E-state index >= 15 is 0 Å². The number of piperazine rings is 1. The standard InChI is InChI=1S/C17H21ClN4O4S/c1-10-12-14(22-6-4-21(5-7-22)11(2)23)19-17(18)20-15(12)27-13(10)16(24)26-9-8-25-3/h4-9H2,1-3H3. The van der Waals surface area contributed by atoms with Crippen LogP contribution in [0, 0.1) is 6.92 Å². The van der Waals surface area contributed by atoms with Gasteiger partial charge in [0.1, 0.15) is 22.1 Å². The van der Waals surface area contributed by atoms with Crippen LogP contribution in [0.3, 0.4) is 0 Å². The number of amides is 1. The molecular formula is C17H21ClN4O4S. The highest BCUT2D eigenvalue weighted by atomic mass is 35.5. The molecule has 10 heteroatoms. The molecule has 0 radical (unpaired) electrons. The Morgan fingerprint density at radius 3 is 2.52 bits per heavy atom. The molecule has 1 aliphatic heterocycles. The second-order valence-corrected chi connectivity index (χ2v) is 7.51. The van der Waals surface area contributed by atoms with Gasteiger partial charge in [-0.3, -0.25) is 4.79 Å². The minimum absolute atomic E-state index is 0.0633. The summed E-state index contributed by atoms with van der Waals surface area (Å²) >= 11 is 7.37. The summed E-state index contributed by atoms with van der Waals surface area (Å²) in [5.41, 5.74) is 0.776. The van der Waals surface area contributed by atoms with Crippen molar-refractivity contribution in [2.45, 2.75) is 13.8 Å². The Bertz CT molecular complexity index is 864. The molecule has 1 aliphatic rings. The van der Waals surface area contributed by atoms with Gasteiger partial charge in [0, 0.05) is 40.2 Å². The summed E-state index contributed by atoms with van der Waals surface area (Å²) in [6.07, 6.45) is 0. The molecule has 0 unspecified atom stereocenters. The minimum Gasteiger partial charge on any atom is -0.459 e. The van der Waals surface area contributed by atoms with E-state index in [2.05, 4.69) is 14.9 Å². The van der Waals surface area contributed by atoms with E-state index in [4.69, 9.17) is 21.1 Å². The first-order chi connectivity index (χ1) is 12.9. The largest absolute Gasteiger partial charge is 0.459 e. The Morgan fingerprint density at radius 2 is 1.89 bits per heavy atom. The van der Waals surface area contributed by atoms with E-state index in [1.165, 1.54) is 11.3 Å². The van der Waals surface area contributed by atoms with Crippen LogP contribution in [0.15, 0.2) is 0 Å². The fourth-order valence-electron chi connectivity index (χ4n) is 3.03. The van der Waals surface area contributed by atoms with Crippen LogP contribution in [-0.4, -0.2) is 73.2 Å². The number of halogens is 1. The number of aryl methyl sites for hydroxylation is 1. The average Bonchev–Trinajstić information content (AvgIpc) is 2.97. The topological polar surface area (TPSA) is 84.9 Å². The quantitative estimate of drug-likeness (QED) is 0.422. The van der Waals surface area contributed by atoms with Gasteiger partial charge in [0.25, 0.3) is 0 Å². The SMILES string of the molecule is COCCOC(=O)c1sc2nc(Cl)nc(N3CCN(C(C)=O)CC3)c2c1C. The molecule has 0 spiro atoms. The molecule has 1 saturated heterocycles. The van der Waals surface area contributed by atoms with E-state index in [-0.39, 0.29) is 17.8 Å². The molecule has 0 N–H and O–H groups in total. The second-order valence-electron chi connectivity index (χ2n) is 6.17. The van der Waals surface area contributed by atoms with Crippen LogP contribution in [-0.2, 0) is 14.3 Å². The van der Waals surface area contributed by atoms with Crippen molar-refractivity contribution in [1.29, 1.82) is 0 Å². The first-order valence-electron chi connectivity index (χ1n) is 8.55. The molecule has 27 heavy (non-hydrogen) atoms. The van der Waals surface area contributed by atoms with Crippen LogP contribution in [0.5, 0.6) is 0 Å². The van der Waals surface area contributed by atoms with Crippen LogP contribution < -0.4 is 4.90 Å². The van der Waals surface area contributed by atoms with E-state index in [1.54, 1.807) is 18.9 Å². The number of esters is 1. The molecule has 8 nitrogen and oxygen atoms in total. The van der Waals surface area contributed by atoms with Crippen molar-refractivity contribution in [3.8, 4) is 0 Å². The number of methoxy groups -OCH3 is 1. The molecule has 1 amide bonds. The number of hydrogen-bond donors (Lipinski definition) is 0. The molecule has 0 saturated carbocycles. The molecule has 0 aliphatic carbocycles. The maximum Gasteiger partial charge on any atom is 0.348 e. The van der Waals surface area contributed by atoms with Crippen molar-refractivity contribution in [3.63, 3.8) is 0 Å². The predicted molar refractivity (Wildman–Crippen MR) is 104 cm³/mol. The number of nitrogens with zero attached hydrogens (tertiary/aromatic N) is 4. The Morgan fingerprint density at radius 1 is 1.19 bits per heavy atom. The monoisotopic (exact) mass is 412 g/mol. The second kappa shape index (κ2) is 8.37. The smallest absolute Gasteiger partial charge is 0.348 e. The molecule has 2 aromatic heterocycles. The normalized spacial score (nSPS) is 14.7. The number of anilines is 1. The number of fused-ring (bicyclic) bond motifs is 1. The highest BCUT2D eigenvalue weighted by Gasteiger charge is 2.26. The van der Waals surface area contributed by atoms with E-state index in [9.17, 15) is 9.59 Å². The molecule has 0 aromatic carbocycles. The van der Waals surface area contributed by atoms with Crippen molar-refractivity contribution in [1.82, 2.24) is 14.9 Å². The van der Waals surface area contributed by atoms with Crippen LogP contribution in [0.25, 0.3) is 10.2 Å². The van der Waals surface area contributed by atoms with Crippen LogP contribution >= 0.6 is 22.9 Å². The van der Waals surface area contributed by atoms with Crippen molar-refractivity contribution in [3.05, 3.63) is 15.7 Å². The van der Waals surface area contributed by atoms with Gasteiger partial charge in [0.2, 0.25) is 11.2 Å². The lowest BCUT2D eigenvalue weighted by Gasteiger charge is -2.35. The van der Waals surface area contributed by atoms with Gasteiger partial charge in [0.15, 0.2) is 0 Å². The molecule has 146 valence electrons. The third-order valence-corrected chi connectivity index (χ3v) is 5.81. The van der Waals surface area contributed by atoms with E-state index in [1.807, 2.05) is 6.92 Å². The van der Waals surface area contributed by atoms with E-state index in [0.29, 0.717) is 48.3 Å². The highest BCUT2D eigenvalue weighted by molar-refractivity contribution is 7.20. The Labute approximate surface area is 166 Å². The Hall–Kier alpha value is -1.97. The zero-order chi connectivity index (χ0) is 19.6. The Kier molecular flexibility index (Phi) is 6.13. The van der Waals surface area contributed by atoms with Crippen LogP contribution in [0.1, 0.15) is 22.2 Å². The summed E-state index contributed by atoms with van der Waals surface area (Å²) in [6, 6.07) is 0. The third-order valence-electron chi connectivity index (χ3n) is 4.47. The lowest BCUT2D eigenvalue weighted by atomic mass is 10.2. The van der Waals surface area contributed by atoms with Crippen LogP contribution in [0.2, 0.25) is 5.28 Å². The summed E-state index contributed by atoms with van der Waals surface area (Å²) < 4.78 is 10.2. The number of aromatic nitrogens is 2. The number of carbonyl (C=O) groups excluding carboxylic acids is 2. The number of rotatable bonds is 5. The molecule has 0 bridgehead atoms. The molecule has 0 atom stereocenters. The third kappa shape index (κ3) is 4.15. The first-order valence-corrected chi connectivity index (χ1v) is 9.75. The fraction of sp³-hybridized carbons (Fsp3) is 0.529. The first kappa shape index (κ1) is 19.8. The zero-order valence-electron chi connectivity index (χ0n) is 15.5. The van der Waals surface area contributed by atoms with Gasteiger partial charge in [-0.25, -0.2) is 9.78 Å². The predicted octanol–water partition coefficient (Wildman–Crippen LogP) is 2.12. The fourth-order valence-corrected chi connectivity index (χ4v) is 4.32. The van der Waals surface area contributed by atoms with Crippen molar-refractivity contribution >= 4 is 50.8 Å². The van der Waals surface area contributed by atoms with E-state index < -0.39 is 5.97 Å². The number of ether oxygens (including phenoxy) is 2. The summed E-state index contributed by atoms with van der Waals surface area (Å²) in [5, 5.41) is 0.936. The average molecular weight is 413 g/mol. The zero-order valence-corrected chi connectivity index (χ0v) is 17.0. The molecule has 2 aromatic rings. The lowest BCUT2D eigenvalue weighted by molar-refractivity contribution is -0.129. The van der Waals surface area contributed by atoms with Gasteiger partial charge in [-0.05, 0) is 24.1 Å². The van der Waals surface area contributed by atoms with Gasteiger partial charge < -0.3 is 19.3 Å². The van der Waals surface area contributed by atoms with Crippen molar-refractivity contribution in [2.24, 2.45) is 0 Å². The van der Waals surface area contributed by atoms with Crippen LogP contribution in [0.4, 0.5) is 5.82 Å². The molecule has 1 fully saturated rings. The van der Waals surface area contributed by atoms with Crippen molar-refractivity contribution < 1.29 is 19.1 Å². The molecular weight excluding hydrogens is 392 g/mol. The minimum atomic E-state index is -0.406. The Balaban J connectivity index is 1.92. The number of hydrogen-bond acceptors (Lipinski definition) is 8. The summed E-state index contributed by atoms with van der Waals surface area (Å²) in [7, 11) is 1.55. The van der Waals surface area contributed by atoms with Gasteiger partial charge in [-0.1, -0.05) is 0 Å². The molecule has 3 rings (SSSR count). The summed E-state index contributed by atoms with van der Waals surface area (Å²) in [4.78, 5) is 37.7. The van der Waals surface area contributed by atoms with Gasteiger partial charge >= 0.3 is 5.97 Å². The van der Waals surface area contributed by atoms with E-state index in [0.717, 1.165) is 10.9 Å². The number of carbonyl (C=O) groups is 2. The molecule has 3 heterocycles. The van der Waals surface area contributed by atoms with Gasteiger partial charge in [-0.15, -0.1) is 11.3 Å². The summed E-state index contributed by atoms with van der Waals surface area (Å²) in [6.45, 7) is 6.48. The maximum atomic E-state index is 12.4. The maximum absolute atomic E-state index is 12.4. The van der Waals surface area contributed by atoms with Gasteiger partial charge in [-0.2, -0.15) is 4.98 Å². The lowest BCUT2D eigenvalue weighted by Crippen LogP contribution is -2.48.